The molecule has 870 valence electrons. The minimum Gasteiger partial charge on any atom is -0.444 e. The fraction of sp³-hybridized carbons (Fsp3) is 0.892. The van der Waals surface area contributed by atoms with E-state index in [1.807, 2.05) is 171 Å². The highest BCUT2D eigenvalue weighted by atomic mass is 32.2. The maximum atomic E-state index is 13.7. The van der Waals surface area contributed by atoms with Gasteiger partial charge >= 0.3 is 12.0 Å². The molecule has 3 heterocycles. The zero-order chi connectivity index (χ0) is 116. The van der Waals surface area contributed by atoms with Crippen LogP contribution in [0.15, 0.2) is 0 Å². The average molecular weight is 2150 g/mol. The van der Waals surface area contributed by atoms with Crippen LogP contribution in [-0.2, 0) is 81.9 Å². The second kappa shape index (κ2) is 74.9. The van der Waals surface area contributed by atoms with Crippen molar-refractivity contribution in [2.24, 2.45) is 69.5 Å². The first-order valence-corrected chi connectivity index (χ1v) is 58.1. The smallest absolute Gasteiger partial charge is 0.410 e. The van der Waals surface area contributed by atoms with Crippen LogP contribution in [0, 0.1) is 69.5 Å². The van der Waals surface area contributed by atoms with E-state index in [4.69, 9.17) is 9.47 Å². The number of sulfone groups is 2. The lowest BCUT2D eigenvalue weighted by Crippen LogP contribution is -2.53. The summed E-state index contributed by atoms with van der Waals surface area (Å²) in [5, 5.41) is 24.3. The second-order valence-corrected chi connectivity index (χ2v) is 54.1. The molecule has 0 aromatic rings. The molecule has 0 spiro atoms. The Morgan fingerprint density at radius 2 is 0.776 bits per heavy atom. The summed E-state index contributed by atoms with van der Waals surface area (Å²) in [6.45, 7) is 85.0. The minimum absolute atomic E-state index is 0.00694. The molecule has 1 atom stereocenters. The lowest BCUT2D eigenvalue weighted by Gasteiger charge is -2.40. The van der Waals surface area contributed by atoms with E-state index in [0.29, 0.717) is 92.9 Å². The summed E-state index contributed by atoms with van der Waals surface area (Å²) in [5.41, 5.74) is -2.36. The number of alkyl halides is 4. The molecule has 0 aromatic carbocycles. The van der Waals surface area contributed by atoms with Crippen molar-refractivity contribution in [1.82, 2.24) is 62.6 Å². The van der Waals surface area contributed by atoms with E-state index in [9.17, 15) is 91.9 Å². The molecule has 8 fully saturated rings. The number of amides is 12. The van der Waals surface area contributed by atoms with Crippen LogP contribution in [0.25, 0.3) is 0 Å². The Bertz CT molecular complexity index is 3840. The van der Waals surface area contributed by atoms with Crippen LogP contribution >= 0.6 is 0 Å². The quantitative estimate of drug-likeness (QED) is 0.0345. The molecular weight excluding hydrogens is 1930 g/mol. The molecule has 36 heteroatoms. The molecule has 9 N–H and O–H groups in total. The zero-order valence-electron chi connectivity index (χ0n) is 100. The van der Waals surface area contributed by atoms with Gasteiger partial charge in [-0.15, -0.1) is 0 Å². The molecule has 5 aliphatic carbocycles. The van der Waals surface area contributed by atoms with Crippen molar-refractivity contribution in [3.8, 4) is 0 Å². The van der Waals surface area contributed by atoms with Gasteiger partial charge in [-0.1, -0.05) is 129 Å². The molecule has 1 unspecified atom stereocenters. The number of likely N-dealkylation sites (tertiary alicyclic amines) is 2. The highest BCUT2D eigenvalue weighted by Gasteiger charge is 2.43. The highest BCUT2D eigenvalue weighted by molar-refractivity contribution is 7.92. The molecule has 0 aromatic heterocycles. The first kappa shape index (κ1) is 151. The first-order valence-electron chi connectivity index (χ1n) is 54.5. The van der Waals surface area contributed by atoms with E-state index in [-0.39, 0.29) is 128 Å². The fourth-order valence-electron chi connectivity index (χ4n) is 14.4. The van der Waals surface area contributed by atoms with Crippen molar-refractivity contribution in [2.75, 3.05) is 65.0 Å². The van der Waals surface area contributed by atoms with Crippen LogP contribution in [0.1, 0.15) is 419 Å². The maximum absolute atomic E-state index is 13.7. The van der Waals surface area contributed by atoms with E-state index < -0.39 is 55.2 Å². The van der Waals surface area contributed by atoms with Crippen LogP contribution in [0.4, 0.5) is 22.4 Å². The van der Waals surface area contributed by atoms with Crippen molar-refractivity contribution in [3.05, 3.63) is 0 Å². The zero-order valence-corrected chi connectivity index (χ0v) is 102. The van der Waals surface area contributed by atoms with Gasteiger partial charge in [0.15, 0.2) is 21.7 Å². The largest absolute Gasteiger partial charge is 0.444 e. The van der Waals surface area contributed by atoms with Gasteiger partial charge in [-0.2, -0.15) is 8.78 Å². The Morgan fingerprint density at radius 3 is 0.980 bits per heavy atom. The van der Waals surface area contributed by atoms with Gasteiger partial charge in [-0.25, -0.2) is 30.4 Å². The predicted molar refractivity (Wildman–Crippen MR) is 592 cm³/mol. The van der Waals surface area contributed by atoms with Gasteiger partial charge in [0, 0.05) is 151 Å². The molecule has 8 aliphatic rings. The van der Waals surface area contributed by atoms with Crippen LogP contribution in [0.2, 0.25) is 0 Å². The highest BCUT2D eigenvalue weighted by Crippen LogP contribution is 2.35. The number of hydrogen-bond donors (Lipinski definition) is 9. The SMILES string of the molecule is CC(=O)N(C)CC(C)C.CC(=O)N1CC(CC(C)C)C1.CC(C)CC1CN(C(=O)OC(C)(C)C)C1.CC(C)CS(C)(=O)=O.CC(C)NC(=O)C(C)(C)C.CC(C)NC(=O)C(C)(F)F.CC(C)NC(=O)C(C)F.CC(C)NC(=O)C1(C)COC1.CC(C)NC(=O)C1(F)CCCC1.CC(C)NC(=O)C1CC1.CC(C)NC(=O)C1CCCC1.CC(C)NC(=O)C1CCCC1.CC(C)NC(=O)CC(C)(C)C.CC(C)S(=O)(=O)C1CCC1. The van der Waals surface area contributed by atoms with Gasteiger partial charge in [0.1, 0.15) is 15.4 Å². The van der Waals surface area contributed by atoms with Crippen LogP contribution in [0.5, 0.6) is 0 Å². The third-order valence-corrected chi connectivity index (χ3v) is 26.2. The minimum atomic E-state index is -3.26. The lowest BCUT2D eigenvalue weighted by atomic mass is 9.87. The van der Waals surface area contributed by atoms with E-state index in [1.54, 1.807) is 65.2 Å². The molecule has 5 saturated carbocycles. The van der Waals surface area contributed by atoms with Gasteiger partial charge in [-0.05, 0) is 304 Å². The summed E-state index contributed by atoms with van der Waals surface area (Å²) in [4.78, 5) is 138. The predicted octanol–water partition coefficient (Wildman–Crippen LogP) is 19.8. The first-order chi connectivity index (χ1) is 66.6. The molecule has 3 aliphatic heterocycles. The summed E-state index contributed by atoms with van der Waals surface area (Å²) in [6.07, 6.45) is 19.6. The second-order valence-electron chi connectivity index (χ2n) is 49.1. The Labute approximate surface area is 891 Å². The topological polar surface area (TPSA) is 410 Å². The number of carbonyl (C=O) groups is 12. The summed E-state index contributed by atoms with van der Waals surface area (Å²) in [7, 11) is -3.64. The molecule has 8 rings (SSSR count). The number of hydrogen-bond acceptors (Lipinski definition) is 18. The van der Waals surface area contributed by atoms with Crippen molar-refractivity contribution in [1.29, 1.82) is 0 Å². The van der Waals surface area contributed by atoms with E-state index in [0.717, 1.165) is 121 Å². The average Bonchev–Trinajstić information content (AvgIpc) is 1.49. The Hall–Kier alpha value is -6.98. The van der Waals surface area contributed by atoms with Gasteiger partial charge in [0.25, 0.3) is 17.7 Å². The number of ether oxygens (including phenoxy) is 2. The lowest BCUT2D eigenvalue weighted by molar-refractivity contribution is -0.158. The van der Waals surface area contributed by atoms with E-state index >= 15 is 0 Å². The number of carbonyl (C=O) groups excluding carboxylic acids is 12. The summed E-state index contributed by atoms with van der Waals surface area (Å²) in [5.74, 6) is 1.12. The van der Waals surface area contributed by atoms with E-state index in [1.165, 1.54) is 51.7 Å². The number of nitrogens with one attached hydrogen (secondary N) is 9. The van der Waals surface area contributed by atoms with Crippen molar-refractivity contribution < 1.29 is 101 Å². The standard InChI is InChI=1S/C12H23NO2.C9H16FNO.3C9H17NO.C9H19NO.C8H15NO2.C8H17NO.C7H13NO.C7H15NO.C7H14O2S.C6H11F2NO.C6H12FNO.C5H12O2S/c1-9(2)6-10-7-13(8-10)11(14)15-12(3,4)5;1-7(2)11-8(12)9(10)5-3-4-6-9;1-7(2)4-9-5-10(6-9)8(3)11;2*1-7(2)10-9(11)8-5-3-4-6-8;1-7(2)10-8(11)6-9(3,4)5;1-6(2)9-7(10)8(3)4-11-5-8;1-6(2)9-7(10)8(3,4)5;1-5(2)8-7(9)6-3-4-6;1-6(2)5-8(4)7(3)9;1-6(2)10(8,9)7-4-3-5-7;1-4(2)9-5(10)6(3,7)8;1-4(2)8-6(9)5(3)7;1-5(2)4-8(3,6)7/h9-10H,6-8H2,1-5H3;7H,3-6H2,1-2H3,(H,11,12);7,9H,4-6H2,1-3H3;2*7-8H,3-6H2,1-2H3,(H,10,11);7H,6H2,1-5H3,(H,10,11);6H,4-5H2,1-3H3,(H,9,10);6H,1-5H3,(H,9,10);5-6H,3-4H2,1-2H3,(H,8,9);6H,5H2,1-4H3;6-7H,3-5H2,1-2H3;4H,1-3H3,(H,9,10);4-5H,1-3H3,(H,8,9);5H,4H2,1-3H3. The molecule has 0 radical (unpaired) electrons. The number of nitrogens with zero attached hydrogens (tertiary/aromatic N) is 3. The normalized spacial score (nSPS) is 16.6. The van der Waals surface area contributed by atoms with Gasteiger partial charge in [-0.3, -0.25) is 52.7 Å². The third-order valence-electron chi connectivity index (χ3n) is 22.2. The summed E-state index contributed by atoms with van der Waals surface area (Å²) in [6, 6.07) is 1.43. The van der Waals surface area contributed by atoms with Gasteiger partial charge in [0.2, 0.25) is 47.3 Å². The third kappa shape index (κ3) is 84.2. The molecule has 3 saturated heterocycles. The van der Waals surface area contributed by atoms with Gasteiger partial charge < -0.3 is 72.0 Å². The number of halogens is 4. The van der Waals surface area contributed by atoms with Crippen LogP contribution in [-0.4, -0.2) is 256 Å². The maximum Gasteiger partial charge on any atom is 0.410 e. The van der Waals surface area contributed by atoms with Crippen molar-refractivity contribution in [2.45, 2.75) is 507 Å². The van der Waals surface area contributed by atoms with Crippen LogP contribution in [0.3, 0.4) is 0 Å². The van der Waals surface area contributed by atoms with E-state index in [2.05, 4.69) is 110 Å². The Morgan fingerprint density at radius 1 is 0.435 bits per heavy atom. The molecule has 12 amide bonds. The Kier molecular flexibility index (Phi) is 76.8. The van der Waals surface area contributed by atoms with Crippen molar-refractivity contribution >= 4 is 90.7 Å². The molecular formula is C111H218F4N12O18S2. The monoisotopic (exact) mass is 2150 g/mol. The molecule has 147 heavy (non-hydrogen) atoms. The summed E-state index contributed by atoms with van der Waals surface area (Å²) >= 11 is 0. The summed E-state index contributed by atoms with van der Waals surface area (Å²) < 4.78 is 104. The van der Waals surface area contributed by atoms with Crippen LogP contribution < -0.4 is 47.9 Å². The molecule has 0 bridgehead atoms. The Balaban J connectivity index is -0.000000365. The fourth-order valence-corrected chi connectivity index (χ4v) is 17.4. The number of rotatable bonds is 27. The van der Waals surface area contributed by atoms with Gasteiger partial charge in [0.05, 0.1) is 34.9 Å². The molecule has 30 nitrogen and oxygen atoms in total. The van der Waals surface area contributed by atoms with Crippen molar-refractivity contribution in [3.63, 3.8) is 0 Å².